The summed E-state index contributed by atoms with van der Waals surface area (Å²) in [5.41, 5.74) is 1.74. The highest BCUT2D eigenvalue weighted by Gasteiger charge is 2.34. The molecule has 0 radical (unpaired) electrons. The Hall–Kier alpha value is -1.93. The van der Waals surface area contributed by atoms with Gasteiger partial charge in [0.05, 0.1) is 0 Å². The van der Waals surface area contributed by atoms with Crippen molar-refractivity contribution in [1.82, 2.24) is 19.9 Å². The monoisotopic (exact) mass is 420 g/mol. The maximum atomic E-state index is 12.9. The van der Waals surface area contributed by atoms with Crippen LogP contribution in [0.15, 0.2) is 23.8 Å². The van der Waals surface area contributed by atoms with Crippen molar-refractivity contribution < 1.29 is 13.2 Å². The average Bonchev–Trinajstić information content (AvgIpc) is 3.46. The topological polar surface area (TPSA) is 44.8 Å². The van der Waals surface area contributed by atoms with Crippen LogP contribution in [0.2, 0.25) is 0 Å². The predicted octanol–water partition coefficient (Wildman–Crippen LogP) is 5.83. The number of aromatic amines is 1. The molecule has 0 spiro atoms. The van der Waals surface area contributed by atoms with Crippen LogP contribution in [0.3, 0.4) is 0 Å². The van der Waals surface area contributed by atoms with Gasteiger partial charge in [0.15, 0.2) is 5.69 Å². The lowest BCUT2D eigenvalue weighted by molar-refractivity contribution is -0.140. The lowest BCUT2D eigenvalue weighted by atomic mass is 9.81. The Balaban J connectivity index is 1.38. The standard InChI is InChI=1S/C21H23F3N4S/c22-21(23,24)18-12-29-20(27-18)17-11-26-19-16(17)9-14(10-25-19)13-3-5-15(6-4-13)28-7-1-2-8-28/h9-13,15H,1-8H2,(H,25,26). The molecule has 2 fully saturated rings. The van der Waals surface area contributed by atoms with Crippen LogP contribution >= 0.6 is 11.3 Å². The molecule has 154 valence electrons. The van der Waals surface area contributed by atoms with Crippen molar-refractivity contribution in [3.8, 4) is 10.6 Å². The Labute approximate surface area is 171 Å². The normalized spacial score (nSPS) is 23.8. The first-order valence-electron chi connectivity index (χ1n) is 10.2. The molecule has 1 saturated heterocycles. The molecule has 0 amide bonds. The van der Waals surface area contributed by atoms with Crippen LogP contribution in [0, 0.1) is 0 Å². The van der Waals surface area contributed by atoms with Crippen molar-refractivity contribution in [3.05, 3.63) is 35.1 Å². The van der Waals surface area contributed by atoms with E-state index in [9.17, 15) is 13.2 Å². The summed E-state index contributed by atoms with van der Waals surface area (Å²) in [5, 5.41) is 2.30. The van der Waals surface area contributed by atoms with E-state index in [2.05, 4.69) is 25.9 Å². The van der Waals surface area contributed by atoms with Crippen LogP contribution in [0.4, 0.5) is 13.2 Å². The van der Waals surface area contributed by atoms with E-state index in [1.54, 1.807) is 6.20 Å². The number of pyridine rings is 1. The highest BCUT2D eigenvalue weighted by atomic mass is 32.1. The van der Waals surface area contributed by atoms with Gasteiger partial charge in [-0.1, -0.05) is 0 Å². The maximum Gasteiger partial charge on any atom is 0.434 e. The number of H-pyrrole nitrogens is 1. The second-order valence-electron chi connectivity index (χ2n) is 8.15. The average molecular weight is 421 g/mol. The highest BCUT2D eigenvalue weighted by Crippen LogP contribution is 2.39. The molecule has 3 aromatic heterocycles. The Bertz CT molecular complexity index is 995. The number of hydrogen-bond acceptors (Lipinski definition) is 4. The van der Waals surface area contributed by atoms with Crippen molar-refractivity contribution in [2.45, 2.75) is 56.7 Å². The van der Waals surface area contributed by atoms with E-state index in [4.69, 9.17) is 0 Å². The fourth-order valence-electron chi connectivity index (χ4n) is 4.83. The zero-order valence-corrected chi connectivity index (χ0v) is 16.8. The van der Waals surface area contributed by atoms with Gasteiger partial charge < -0.3 is 9.88 Å². The molecule has 5 rings (SSSR count). The summed E-state index contributed by atoms with van der Waals surface area (Å²) in [5.74, 6) is 0.468. The third-order valence-corrected chi connectivity index (χ3v) is 7.28. The Morgan fingerprint density at radius 2 is 1.86 bits per heavy atom. The van der Waals surface area contributed by atoms with Gasteiger partial charge >= 0.3 is 6.18 Å². The number of nitrogens with one attached hydrogen (secondary N) is 1. The van der Waals surface area contributed by atoms with Crippen LogP contribution in [0.5, 0.6) is 0 Å². The number of thiazole rings is 1. The summed E-state index contributed by atoms with van der Waals surface area (Å²) in [7, 11) is 0. The van der Waals surface area contributed by atoms with Gasteiger partial charge in [-0.15, -0.1) is 11.3 Å². The minimum Gasteiger partial charge on any atom is -0.345 e. The highest BCUT2D eigenvalue weighted by molar-refractivity contribution is 7.13. The summed E-state index contributed by atoms with van der Waals surface area (Å²) in [6.45, 7) is 2.48. The number of hydrogen-bond donors (Lipinski definition) is 1. The molecule has 1 N–H and O–H groups in total. The van der Waals surface area contributed by atoms with Gasteiger partial charge in [0.2, 0.25) is 0 Å². The quantitative estimate of drug-likeness (QED) is 0.580. The molecule has 1 aliphatic heterocycles. The second-order valence-corrected chi connectivity index (χ2v) is 9.01. The minimum atomic E-state index is -4.42. The van der Waals surface area contributed by atoms with Gasteiger partial charge in [-0.05, 0) is 69.2 Å². The minimum absolute atomic E-state index is 0.375. The zero-order valence-electron chi connectivity index (χ0n) is 16.0. The smallest absolute Gasteiger partial charge is 0.345 e. The molecule has 2 aliphatic rings. The summed E-state index contributed by atoms with van der Waals surface area (Å²) in [6, 6.07) is 2.81. The molecular weight excluding hydrogens is 397 g/mol. The third kappa shape index (κ3) is 3.68. The number of likely N-dealkylation sites (tertiary alicyclic amines) is 1. The van der Waals surface area contributed by atoms with E-state index in [-0.39, 0.29) is 0 Å². The first kappa shape index (κ1) is 19.1. The molecule has 4 nitrogen and oxygen atoms in total. The summed E-state index contributed by atoms with van der Waals surface area (Å²) >= 11 is 1.02. The van der Waals surface area contributed by atoms with Crippen molar-refractivity contribution in [2.75, 3.05) is 13.1 Å². The lowest BCUT2D eigenvalue weighted by Crippen LogP contribution is -2.35. The largest absolute Gasteiger partial charge is 0.434 e. The van der Waals surface area contributed by atoms with Gasteiger partial charge in [-0.3, -0.25) is 0 Å². The Morgan fingerprint density at radius 3 is 2.55 bits per heavy atom. The fraction of sp³-hybridized carbons (Fsp3) is 0.524. The molecule has 0 atom stereocenters. The second kappa shape index (κ2) is 7.40. The molecule has 4 heterocycles. The molecule has 0 aromatic carbocycles. The molecule has 8 heteroatoms. The zero-order chi connectivity index (χ0) is 20.0. The Morgan fingerprint density at radius 1 is 1.10 bits per heavy atom. The van der Waals surface area contributed by atoms with Crippen molar-refractivity contribution in [1.29, 1.82) is 0 Å². The number of nitrogens with zero attached hydrogens (tertiary/aromatic N) is 3. The van der Waals surface area contributed by atoms with Gasteiger partial charge in [0, 0.05) is 34.8 Å². The molecule has 0 bridgehead atoms. The van der Waals surface area contributed by atoms with E-state index < -0.39 is 11.9 Å². The summed E-state index contributed by atoms with van der Waals surface area (Å²) < 4.78 is 38.8. The molecular formula is C21H23F3N4S. The van der Waals surface area contributed by atoms with E-state index >= 15 is 0 Å². The molecule has 1 aliphatic carbocycles. The number of alkyl halides is 3. The first-order chi connectivity index (χ1) is 14.0. The summed E-state index contributed by atoms with van der Waals surface area (Å²) in [4.78, 5) is 14.1. The number of rotatable bonds is 3. The SMILES string of the molecule is FC(F)(F)c1csc(-c2c[nH]c3ncc(C4CCC(N5CCCC5)CC4)cc23)n1. The van der Waals surface area contributed by atoms with Crippen LogP contribution in [0.25, 0.3) is 21.6 Å². The van der Waals surface area contributed by atoms with E-state index in [1.807, 2.05) is 6.20 Å². The molecule has 3 aromatic rings. The molecule has 29 heavy (non-hydrogen) atoms. The van der Waals surface area contributed by atoms with E-state index in [0.29, 0.717) is 28.2 Å². The van der Waals surface area contributed by atoms with Crippen molar-refractivity contribution in [2.24, 2.45) is 0 Å². The maximum absolute atomic E-state index is 12.9. The molecule has 1 saturated carbocycles. The van der Waals surface area contributed by atoms with Gasteiger partial charge in [-0.2, -0.15) is 13.2 Å². The van der Waals surface area contributed by atoms with Crippen molar-refractivity contribution in [3.63, 3.8) is 0 Å². The van der Waals surface area contributed by atoms with E-state index in [1.165, 1.54) is 44.3 Å². The molecule has 0 unspecified atom stereocenters. The third-order valence-electron chi connectivity index (χ3n) is 6.40. The lowest BCUT2D eigenvalue weighted by Gasteiger charge is -2.34. The van der Waals surface area contributed by atoms with Crippen LogP contribution in [0.1, 0.15) is 55.7 Å². The van der Waals surface area contributed by atoms with Crippen LogP contribution in [-0.2, 0) is 6.18 Å². The number of aromatic nitrogens is 3. The first-order valence-corrected chi connectivity index (χ1v) is 11.1. The summed E-state index contributed by atoms with van der Waals surface area (Å²) in [6.07, 6.45) is 6.57. The van der Waals surface area contributed by atoms with Gasteiger partial charge in [0.25, 0.3) is 0 Å². The van der Waals surface area contributed by atoms with Crippen molar-refractivity contribution >= 4 is 22.4 Å². The van der Waals surface area contributed by atoms with Gasteiger partial charge in [-0.25, -0.2) is 9.97 Å². The number of halogens is 3. The number of fused-ring (bicyclic) bond motifs is 1. The fourth-order valence-corrected chi connectivity index (χ4v) is 5.68. The van der Waals surface area contributed by atoms with E-state index in [0.717, 1.165) is 34.9 Å². The van der Waals surface area contributed by atoms with Gasteiger partial charge in [0.1, 0.15) is 10.7 Å². The van der Waals surface area contributed by atoms with Crippen LogP contribution < -0.4 is 0 Å². The Kier molecular flexibility index (Phi) is 4.86. The predicted molar refractivity (Wildman–Crippen MR) is 108 cm³/mol. The van der Waals surface area contributed by atoms with Crippen LogP contribution in [-0.4, -0.2) is 39.0 Å².